The van der Waals surface area contributed by atoms with Gasteiger partial charge in [0.05, 0.1) is 16.9 Å². The molecule has 1 unspecified atom stereocenters. The molecule has 0 spiro atoms. The second kappa shape index (κ2) is 9.02. The molecule has 142 valence electrons. The van der Waals surface area contributed by atoms with Gasteiger partial charge in [-0.3, -0.25) is 9.67 Å². The lowest BCUT2D eigenvalue weighted by molar-refractivity contribution is 0.468. The van der Waals surface area contributed by atoms with Crippen molar-refractivity contribution in [3.05, 3.63) is 28.5 Å². The number of rotatable bonds is 6. The zero-order valence-electron chi connectivity index (χ0n) is 15.9. The number of thiazole rings is 1. The van der Waals surface area contributed by atoms with Crippen LogP contribution in [0.2, 0.25) is 0 Å². The number of aliphatic imine (C=N–C) groups is 1. The largest absolute Gasteiger partial charge is 0.367 e. The van der Waals surface area contributed by atoms with Crippen LogP contribution in [-0.4, -0.2) is 52.9 Å². The lowest BCUT2D eigenvalue weighted by Crippen LogP contribution is -2.51. The molecule has 26 heavy (non-hydrogen) atoms. The number of aryl methyl sites for hydroxylation is 2. The minimum absolute atomic E-state index is 0.392. The summed E-state index contributed by atoms with van der Waals surface area (Å²) in [5.74, 6) is 0.902. The summed E-state index contributed by atoms with van der Waals surface area (Å²) in [6.45, 7) is 7.86. The van der Waals surface area contributed by atoms with Crippen molar-refractivity contribution in [1.29, 1.82) is 0 Å². The van der Waals surface area contributed by atoms with E-state index < -0.39 is 0 Å². The van der Waals surface area contributed by atoms with E-state index in [2.05, 4.69) is 45.7 Å². The van der Waals surface area contributed by atoms with E-state index in [4.69, 9.17) is 4.99 Å². The molecule has 0 radical (unpaired) electrons. The van der Waals surface area contributed by atoms with Crippen molar-refractivity contribution >= 4 is 23.0 Å². The second-order valence-corrected chi connectivity index (χ2v) is 8.00. The van der Waals surface area contributed by atoms with Gasteiger partial charge in [0, 0.05) is 63.0 Å². The predicted octanol–water partition coefficient (Wildman–Crippen LogP) is 1.95. The number of nitrogens with zero attached hydrogens (tertiary/aromatic N) is 5. The van der Waals surface area contributed by atoms with E-state index in [1.54, 1.807) is 11.3 Å². The molecule has 2 N–H and O–H groups in total. The van der Waals surface area contributed by atoms with Crippen LogP contribution in [0.25, 0.3) is 0 Å². The standard InChI is InChI=1S/C18H29N7S/c1-4-19-18(20-8-7-17-21-10-14(2)26-17)23-15-6-5-9-25(12-15)16-11-22-24(3)13-16/h10-11,13,15H,4-9,12H2,1-3H3,(H2,19,20,23). The van der Waals surface area contributed by atoms with E-state index >= 15 is 0 Å². The van der Waals surface area contributed by atoms with Crippen molar-refractivity contribution < 1.29 is 0 Å². The maximum Gasteiger partial charge on any atom is 0.191 e. The first-order valence-electron chi connectivity index (χ1n) is 9.33. The summed E-state index contributed by atoms with van der Waals surface area (Å²) in [6.07, 6.45) is 9.18. The Bertz CT molecular complexity index is 721. The molecule has 0 saturated carbocycles. The van der Waals surface area contributed by atoms with Crippen LogP contribution in [0.1, 0.15) is 29.7 Å². The highest BCUT2D eigenvalue weighted by Gasteiger charge is 2.21. The molecule has 8 heteroatoms. The second-order valence-electron chi connectivity index (χ2n) is 6.68. The summed E-state index contributed by atoms with van der Waals surface area (Å²) in [4.78, 5) is 12.8. The molecule has 0 aliphatic carbocycles. The highest BCUT2D eigenvalue weighted by molar-refractivity contribution is 7.11. The third kappa shape index (κ3) is 5.20. The number of nitrogens with one attached hydrogen (secondary N) is 2. The van der Waals surface area contributed by atoms with Gasteiger partial charge in [-0.1, -0.05) is 0 Å². The van der Waals surface area contributed by atoms with Gasteiger partial charge in [0.25, 0.3) is 0 Å². The minimum Gasteiger partial charge on any atom is -0.367 e. The number of anilines is 1. The molecule has 3 heterocycles. The Morgan fingerprint density at radius 1 is 1.42 bits per heavy atom. The van der Waals surface area contributed by atoms with E-state index in [0.717, 1.165) is 50.0 Å². The molecular weight excluding hydrogens is 346 g/mol. The summed E-state index contributed by atoms with van der Waals surface area (Å²) in [6, 6.07) is 0.392. The summed E-state index contributed by atoms with van der Waals surface area (Å²) in [7, 11) is 1.96. The quantitative estimate of drug-likeness (QED) is 0.597. The Morgan fingerprint density at radius 2 is 2.31 bits per heavy atom. The third-order valence-corrected chi connectivity index (χ3v) is 5.40. The van der Waals surface area contributed by atoms with Gasteiger partial charge in [0.1, 0.15) is 0 Å². The molecule has 1 fully saturated rings. The van der Waals surface area contributed by atoms with Gasteiger partial charge in [0.2, 0.25) is 0 Å². The monoisotopic (exact) mass is 375 g/mol. The zero-order chi connectivity index (χ0) is 18.4. The van der Waals surface area contributed by atoms with E-state index in [1.807, 2.05) is 24.1 Å². The van der Waals surface area contributed by atoms with Gasteiger partial charge in [-0.15, -0.1) is 11.3 Å². The third-order valence-electron chi connectivity index (χ3n) is 4.43. The van der Waals surface area contributed by atoms with Crippen molar-refractivity contribution in [2.45, 2.75) is 39.2 Å². The minimum atomic E-state index is 0.392. The summed E-state index contributed by atoms with van der Waals surface area (Å²) in [5.41, 5.74) is 1.19. The highest BCUT2D eigenvalue weighted by Crippen LogP contribution is 2.19. The van der Waals surface area contributed by atoms with E-state index in [0.29, 0.717) is 6.04 Å². The van der Waals surface area contributed by atoms with Gasteiger partial charge in [-0.25, -0.2) is 4.98 Å². The fourth-order valence-corrected chi connectivity index (χ4v) is 3.97. The number of hydrogen-bond donors (Lipinski definition) is 2. The molecule has 1 aliphatic heterocycles. The Morgan fingerprint density at radius 3 is 3.00 bits per heavy atom. The van der Waals surface area contributed by atoms with Crippen LogP contribution in [0.15, 0.2) is 23.6 Å². The van der Waals surface area contributed by atoms with Crippen molar-refractivity contribution in [3.63, 3.8) is 0 Å². The topological polar surface area (TPSA) is 70.4 Å². The SMILES string of the molecule is CCNC(=NCCc1ncc(C)s1)NC1CCCN(c2cnn(C)c2)C1. The number of piperidine rings is 1. The van der Waals surface area contributed by atoms with Crippen LogP contribution >= 0.6 is 11.3 Å². The van der Waals surface area contributed by atoms with Gasteiger partial charge >= 0.3 is 0 Å². The Balaban J connectivity index is 1.55. The molecule has 0 bridgehead atoms. The lowest BCUT2D eigenvalue weighted by Gasteiger charge is -2.34. The molecule has 1 atom stereocenters. The Hall–Kier alpha value is -2.09. The van der Waals surface area contributed by atoms with Gasteiger partial charge in [-0.2, -0.15) is 5.10 Å². The molecule has 7 nitrogen and oxygen atoms in total. The molecule has 1 aliphatic rings. The molecule has 2 aromatic rings. The highest BCUT2D eigenvalue weighted by atomic mass is 32.1. The predicted molar refractivity (Wildman–Crippen MR) is 108 cm³/mol. The maximum absolute atomic E-state index is 4.74. The Kier molecular flexibility index (Phi) is 6.49. The van der Waals surface area contributed by atoms with E-state index in [9.17, 15) is 0 Å². The van der Waals surface area contributed by atoms with Crippen molar-refractivity contribution in [3.8, 4) is 0 Å². The van der Waals surface area contributed by atoms with Gasteiger partial charge < -0.3 is 15.5 Å². The fraction of sp³-hybridized carbons (Fsp3) is 0.611. The van der Waals surface area contributed by atoms with Crippen LogP contribution in [0.5, 0.6) is 0 Å². The maximum atomic E-state index is 4.74. The Labute approximate surface area is 159 Å². The zero-order valence-corrected chi connectivity index (χ0v) is 16.7. The summed E-state index contributed by atoms with van der Waals surface area (Å²) < 4.78 is 1.86. The van der Waals surface area contributed by atoms with Crippen molar-refractivity contribution in [1.82, 2.24) is 25.4 Å². The van der Waals surface area contributed by atoms with Crippen LogP contribution < -0.4 is 15.5 Å². The van der Waals surface area contributed by atoms with Gasteiger partial charge in [-0.05, 0) is 26.7 Å². The summed E-state index contributed by atoms with van der Waals surface area (Å²) >= 11 is 1.75. The number of guanidine groups is 1. The van der Waals surface area contributed by atoms with Gasteiger partial charge in [0.15, 0.2) is 5.96 Å². The number of hydrogen-bond acceptors (Lipinski definition) is 5. The molecule has 0 aromatic carbocycles. The van der Waals surface area contributed by atoms with Crippen LogP contribution in [0.4, 0.5) is 5.69 Å². The van der Waals surface area contributed by atoms with E-state index in [-0.39, 0.29) is 0 Å². The molecule has 0 amide bonds. The summed E-state index contributed by atoms with van der Waals surface area (Å²) in [5, 5.41) is 12.4. The van der Waals surface area contributed by atoms with Crippen LogP contribution in [0, 0.1) is 6.92 Å². The first-order valence-corrected chi connectivity index (χ1v) is 10.2. The smallest absolute Gasteiger partial charge is 0.191 e. The normalized spacial score (nSPS) is 18.2. The van der Waals surface area contributed by atoms with E-state index in [1.165, 1.54) is 17.0 Å². The first-order chi connectivity index (χ1) is 12.6. The van der Waals surface area contributed by atoms with Crippen molar-refractivity contribution in [2.24, 2.45) is 12.0 Å². The first kappa shape index (κ1) is 18.7. The van der Waals surface area contributed by atoms with Crippen LogP contribution in [0.3, 0.4) is 0 Å². The number of aromatic nitrogens is 3. The molecule has 1 saturated heterocycles. The molecule has 2 aromatic heterocycles. The average molecular weight is 376 g/mol. The molecule has 3 rings (SSSR count). The van der Waals surface area contributed by atoms with Crippen LogP contribution in [-0.2, 0) is 13.5 Å². The molecular formula is C18H29N7S. The average Bonchev–Trinajstić information content (AvgIpc) is 3.24. The lowest BCUT2D eigenvalue weighted by atomic mass is 10.1. The fourth-order valence-electron chi connectivity index (χ4n) is 3.19. The van der Waals surface area contributed by atoms with Crippen molar-refractivity contribution in [2.75, 3.05) is 31.1 Å².